The van der Waals surface area contributed by atoms with Crippen LogP contribution in [0, 0.1) is 16.7 Å². The molecule has 0 spiro atoms. The van der Waals surface area contributed by atoms with E-state index in [1.165, 1.54) is 26.8 Å². The second-order valence-corrected chi connectivity index (χ2v) is 13.6. The lowest BCUT2D eigenvalue weighted by atomic mass is 9.38. The Bertz CT molecular complexity index is 1250. The number of ether oxygens (including phenoxy) is 2. The molecule has 0 aromatic heterocycles. The number of carbonyl (C=O) groups excluding carboxylic acids is 2. The van der Waals surface area contributed by atoms with Gasteiger partial charge >= 0.3 is 11.9 Å². The zero-order chi connectivity index (χ0) is 30.9. The molecule has 1 aromatic rings. The monoisotopic (exact) mass is 588 g/mol. The molecule has 10 nitrogen and oxygen atoms in total. The van der Waals surface area contributed by atoms with Crippen LogP contribution in [0.3, 0.4) is 0 Å². The first kappa shape index (κ1) is 31.1. The number of hydrogen-bond donors (Lipinski definition) is 6. The van der Waals surface area contributed by atoms with Gasteiger partial charge in [-0.3, -0.25) is 4.79 Å². The van der Waals surface area contributed by atoms with Crippen molar-refractivity contribution in [3.05, 3.63) is 42.0 Å². The Kier molecular flexibility index (Phi) is 7.48. The predicted octanol–water partition coefficient (Wildman–Crippen LogP) is 1.62. The number of benzene rings is 1. The third kappa shape index (κ3) is 4.06. The van der Waals surface area contributed by atoms with Crippen molar-refractivity contribution in [2.75, 3.05) is 0 Å². The van der Waals surface area contributed by atoms with Crippen molar-refractivity contribution in [2.45, 2.75) is 119 Å². The zero-order valence-corrected chi connectivity index (χ0v) is 24.7. The van der Waals surface area contributed by atoms with E-state index in [0.717, 1.165) is 5.56 Å². The number of fused-ring (bicyclic) bond motifs is 5. The molecule has 4 fully saturated rings. The molecule has 42 heavy (non-hydrogen) atoms. The minimum atomic E-state index is -2.12. The zero-order valence-electron chi connectivity index (χ0n) is 24.7. The third-order valence-corrected chi connectivity index (χ3v) is 11.9. The highest BCUT2D eigenvalue weighted by atomic mass is 16.6. The maximum absolute atomic E-state index is 13.3. The molecule has 0 heterocycles. The van der Waals surface area contributed by atoms with Gasteiger partial charge in [0.25, 0.3) is 0 Å². The Morgan fingerprint density at radius 2 is 1.64 bits per heavy atom. The molecule has 1 aromatic carbocycles. The minimum absolute atomic E-state index is 0.0586. The molecule has 4 aliphatic carbocycles. The van der Waals surface area contributed by atoms with E-state index in [1.54, 1.807) is 13.0 Å². The van der Waals surface area contributed by atoms with Crippen molar-refractivity contribution in [1.29, 1.82) is 0 Å². The third-order valence-electron chi connectivity index (χ3n) is 11.9. The van der Waals surface area contributed by atoms with Crippen LogP contribution in [0.15, 0.2) is 36.4 Å². The molecule has 0 aliphatic heterocycles. The molecule has 0 saturated heterocycles. The van der Waals surface area contributed by atoms with Crippen molar-refractivity contribution in [2.24, 2.45) is 16.7 Å². The number of hydrogen-bond acceptors (Lipinski definition) is 10. The van der Waals surface area contributed by atoms with E-state index in [0.29, 0.717) is 6.42 Å². The van der Waals surface area contributed by atoms with Gasteiger partial charge in [0, 0.05) is 37.2 Å². The second-order valence-electron chi connectivity index (χ2n) is 13.6. The topological polar surface area (TPSA) is 174 Å². The normalized spacial score (nSPS) is 47.2. The van der Waals surface area contributed by atoms with Crippen LogP contribution < -0.4 is 0 Å². The summed E-state index contributed by atoms with van der Waals surface area (Å²) in [5.41, 5.74) is -10.0. The molecular weight excluding hydrogens is 544 g/mol. The van der Waals surface area contributed by atoms with Crippen molar-refractivity contribution < 1.29 is 49.7 Å². The highest BCUT2D eigenvalue weighted by Crippen LogP contribution is 2.72. The number of aliphatic hydroxyl groups is 6. The second kappa shape index (κ2) is 10.1. The molecule has 0 bridgehead atoms. The number of carbonyl (C=O) groups is 2. The van der Waals surface area contributed by atoms with Crippen LogP contribution >= 0.6 is 0 Å². The van der Waals surface area contributed by atoms with Gasteiger partial charge in [0.05, 0.1) is 23.2 Å². The molecule has 0 amide bonds. The lowest BCUT2D eigenvalue weighted by molar-refractivity contribution is -0.372. The van der Waals surface area contributed by atoms with Gasteiger partial charge in [-0.05, 0) is 50.7 Å². The van der Waals surface area contributed by atoms with E-state index in [1.807, 2.05) is 30.3 Å². The van der Waals surface area contributed by atoms with E-state index < -0.39 is 81.9 Å². The van der Waals surface area contributed by atoms with Crippen LogP contribution in [0.25, 0.3) is 6.08 Å². The molecule has 5 rings (SSSR count). The van der Waals surface area contributed by atoms with Crippen LogP contribution in [0.1, 0.15) is 78.2 Å². The quantitative estimate of drug-likeness (QED) is 0.219. The molecule has 4 saturated carbocycles. The van der Waals surface area contributed by atoms with Gasteiger partial charge in [0.15, 0.2) is 0 Å². The molecule has 6 N–H and O–H groups in total. The fraction of sp³-hybridized carbons (Fsp3) is 0.688. The van der Waals surface area contributed by atoms with E-state index in [2.05, 4.69) is 0 Å². The van der Waals surface area contributed by atoms with Gasteiger partial charge in [-0.1, -0.05) is 44.2 Å². The van der Waals surface area contributed by atoms with E-state index >= 15 is 0 Å². The first-order valence-electron chi connectivity index (χ1n) is 14.8. The highest BCUT2D eigenvalue weighted by molar-refractivity contribution is 5.87. The van der Waals surface area contributed by atoms with Gasteiger partial charge in [-0.15, -0.1) is 0 Å². The molecular formula is C32H44O10. The minimum Gasteiger partial charge on any atom is -0.460 e. The van der Waals surface area contributed by atoms with Gasteiger partial charge in [-0.2, -0.15) is 0 Å². The predicted molar refractivity (Wildman–Crippen MR) is 150 cm³/mol. The summed E-state index contributed by atoms with van der Waals surface area (Å²) >= 11 is 0. The summed E-state index contributed by atoms with van der Waals surface area (Å²) in [4.78, 5) is 25.2. The summed E-state index contributed by atoms with van der Waals surface area (Å²) in [6.45, 7) is 5.98. The van der Waals surface area contributed by atoms with Gasteiger partial charge in [-0.25, -0.2) is 4.79 Å². The Morgan fingerprint density at radius 3 is 2.29 bits per heavy atom. The van der Waals surface area contributed by atoms with Gasteiger partial charge < -0.3 is 40.1 Å². The Hall–Kier alpha value is -2.34. The Labute approximate surface area is 246 Å². The molecule has 10 heteroatoms. The molecule has 11 atom stereocenters. The fourth-order valence-electron chi connectivity index (χ4n) is 9.37. The van der Waals surface area contributed by atoms with Crippen LogP contribution in [0.4, 0.5) is 0 Å². The summed E-state index contributed by atoms with van der Waals surface area (Å²) < 4.78 is 11.5. The maximum Gasteiger partial charge on any atom is 0.331 e. The van der Waals surface area contributed by atoms with Crippen molar-refractivity contribution in [1.82, 2.24) is 0 Å². The molecule has 4 aliphatic rings. The summed E-state index contributed by atoms with van der Waals surface area (Å²) in [7, 11) is 0. The van der Waals surface area contributed by atoms with Crippen LogP contribution in [-0.2, 0) is 19.1 Å². The van der Waals surface area contributed by atoms with Crippen LogP contribution in [0.2, 0.25) is 0 Å². The highest BCUT2D eigenvalue weighted by Gasteiger charge is 2.84. The smallest absolute Gasteiger partial charge is 0.331 e. The summed E-state index contributed by atoms with van der Waals surface area (Å²) in [6, 6.07) is 9.12. The van der Waals surface area contributed by atoms with Crippen LogP contribution in [-0.4, -0.2) is 89.4 Å². The average Bonchev–Trinajstić information content (AvgIpc) is 3.15. The summed E-state index contributed by atoms with van der Waals surface area (Å²) in [5, 5.41) is 71.2. The molecule has 232 valence electrons. The summed E-state index contributed by atoms with van der Waals surface area (Å²) in [6.07, 6.45) is -2.09. The first-order chi connectivity index (χ1) is 19.5. The Morgan fingerprint density at radius 1 is 0.976 bits per heavy atom. The van der Waals surface area contributed by atoms with Crippen molar-refractivity contribution in [3.8, 4) is 0 Å². The van der Waals surface area contributed by atoms with Crippen LogP contribution in [0.5, 0.6) is 0 Å². The fourth-order valence-corrected chi connectivity index (χ4v) is 9.37. The van der Waals surface area contributed by atoms with E-state index in [-0.39, 0.29) is 32.1 Å². The first-order valence-corrected chi connectivity index (χ1v) is 14.8. The van der Waals surface area contributed by atoms with Gasteiger partial charge in [0.1, 0.15) is 29.0 Å². The SMILES string of the molecule is CC(=O)OC(C)[C@@]1(O)CC[C@]2(O)[C@]1(C)C(OC(=O)/C=C/c1ccccc1)C[C@@H]1[C@@]3(C)CCC(O)CC3(O)C(O)C[C@]12O. The molecule has 5 unspecified atom stereocenters. The lowest BCUT2D eigenvalue weighted by Gasteiger charge is -2.71. The molecule has 0 radical (unpaired) electrons. The number of aliphatic hydroxyl groups excluding tert-OH is 2. The maximum atomic E-state index is 13.3. The lowest BCUT2D eigenvalue weighted by Crippen LogP contribution is -2.83. The van der Waals surface area contributed by atoms with E-state index in [9.17, 15) is 40.2 Å². The average molecular weight is 589 g/mol. The van der Waals surface area contributed by atoms with E-state index in [4.69, 9.17) is 9.47 Å². The standard InChI is InChI=1S/C32H44O10/c1-19(41-20(2)33)29(37)14-15-32(40)28(29,4)25(42-26(36)11-10-21-8-6-5-7-9-21)16-23-27(3)13-12-22(34)17-31(27,39)24(35)18-30(23,32)38/h5-11,19,22-25,34-35,37-40H,12-18H2,1-4H3/b11-10+/t19?,22?,23-,24?,25?,27-,28-,29+,30+,31?,32+/m1/s1. The number of esters is 2. The van der Waals surface area contributed by atoms with Crippen molar-refractivity contribution in [3.63, 3.8) is 0 Å². The summed E-state index contributed by atoms with van der Waals surface area (Å²) in [5.74, 6) is -2.26. The van der Waals surface area contributed by atoms with Crippen molar-refractivity contribution >= 4 is 18.0 Å². The number of rotatable bonds is 5. The largest absolute Gasteiger partial charge is 0.460 e. The Balaban J connectivity index is 1.62. The van der Waals surface area contributed by atoms with Gasteiger partial charge in [0.2, 0.25) is 0 Å².